The monoisotopic (exact) mass is 497 g/mol. The van der Waals surface area contributed by atoms with Crippen molar-refractivity contribution >= 4 is 23.1 Å². The molecule has 0 spiro atoms. The number of pyridine rings is 1. The van der Waals surface area contributed by atoms with E-state index in [1.165, 1.54) is 12.0 Å². The van der Waals surface area contributed by atoms with Crippen LogP contribution in [0.25, 0.3) is 11.4 Å². The number of Topliss-reactive ketones (excluding diaryl/α,β-unsaturated/α-hetero) is 1. The Labute approximate surface area is 214 Å². The number of carbonyl (C=O) groups is 2. The third-order valence-corrected chi connectivity index (χ3v) is 6.43. The molecule has 5 rings (SSSR count). The standard InChI is InChI=1S/C29H27N3O5/c1-19-25(31-14-7-6-13-23(31)30-19)27(33)24-26(32(15-16-36-2)29(35)28(24)34)21-11-8-12-22(17-21)37-18-20-9-4-3-5-10-20/h3-14,17,26,33H,15-16,18H2,1-2H3. The number of hydrogen-bond donors (Lipinski definition) is 1. The minimum absolute atomic E-state index is 0.00932. The van der Waals surface area contributed by atoms with Gasteiger partial charge in [0.05, 0.1) is 23.9 Å². The first kappa shape index (κ1) is 24.3. The summed E-state index contributed by atoms with van der Waals surface area (Å²) in [4.78, 5) is 32.4. The molecule has 1 saturated heterocycles. The van der Waals surface area contributed by atoms with Gasteiger partial charge in [-0.3, -0.25) is 14.0 Å². The summed E-state index contributed by atoms with van der Waals surface area (Å²) in [6, 6.07) is 21.7. The lowest BCUT2D eigenvalue weighted by Gasteiger charge is -2.25. The summed E-state index contributed by atoms with van der Waals surface area (Å²) >= 11 is 0. The fourth-order valence-electron chi connectivity index (χ4n) is 4.69. The highest BCUT2D eigenvalue weighted by molar-refractivity contribution is 6.46. The van der Waals surface area contributed by atoms with Crippen LogP contribution in [0.5, 0.6) is 5.75 Å². The number of carbonyl (C=O) groups excluding carboxylic acids is 2. The maximum atomic E-state index is 13.3. The molecule has 8 nitrogen and oxygen atoms in total. The summed E-state index contributed by atoms with van der Waals surface area (Å²) < 4.78 is 12.9. The molecule has 1 amide bonds. The van der Waals surface area contributed by atoms with Crippen LogP contribution in [0, 0.1) is 6.92 Å². The van der Waals surface area contributed by atoms with Gasteiger partial charge in [-0.05, 0) is 42.3 Å². The van der Waals surface area contributed by atoms with Crippen molar-refractivity contribution in [2.45, 2.75) is 19.6 Å². The third-order valence-electron chi connectivity index (χ3n) is 6.43. The number of hydrogen-bond acceptors (Lipinski definition) is 6. The molecule has 37 heavy (non-hydrogen) atoms. The Hall–Kier alpha value is -4.43. The van der Waals surface area contributed by atoms with E-state index in [1.807, 2.05) is 66.7 Å². The number of amides is 1. The van der Waals surface area contributed by atoms with Crippen molar-refractivity contribution in [1.29, 1.82) is 0 Å². The van der Waals surface area contributed by atoms with Crippen LogP contribution in [0.4, 0.5) is 0 Å². The lowest BCUT2D eigenvalue weighted by molar-refractivity contribution is -0.140. The van der Waals surface area contributed by atoms with E-state index in [-0.39, 0.29) is 24.5 Å². The zero-order valence-electron chi connectivity index (χ0n) is 20.6. The Morgan fingerprint density at radius 3 is 2.59 bits per heavy atom. The fraction of sp³-hybridized carbons (Fsp3) is 0.207. The normalized spacial score (nSPS) is 17.0. The van der Waals surface area contributed by atoms with E-state index in [0.29, 0.717) is 35.0 Å². The van der Waals surface area contributed by atoms with Crippen molar-refractivity contribution in [2.75, 3.05) is 20.3 Å². The van der Waals surface area contributed by atoms with Crippen LogP contribution in [0.1, 0.15) is 28.6 Å². The molecule has 0 radical (unpaired) electrons. The summed E-state index contributed by atoms with van der Waals surface area (Å²) in [5.74, 6) is -1.12. The van der Waals surface area contributed by atoms with E-state index in [1.54, 1.807) is 23.6 Å². The molecule has 188 valence electrons. The van der Waals surface area contributed by atoms with E-state index in [9.17, 15) is 14.7 Å². The van der Waals surface area contributed by atoms with Crippen LogP contribution in [-0.2, 0) is 20.9 Å². The summed E-state index contributed by atoms with van der Waals surface area (Å²) in [6.07, 6.45) is 1.76. The number of ketones is 1. The van der Waals surface area contributed by atoms with Crippen molar-refractivity contribution in [3.05, 3.63) is 107 Å². The summed E-state index contributed by atoms with van der Waals surface area (Å²) in [7, 11) is 1.53. The van der Waals surface area contributed by atoms with Gasteiger partial charge in [-0.1, -0.05) is 48.5 Å². The van der Waals surface area contributed by atoms with Gasteiger partial charge in [0.1, 0.15) is 23.7 Å². The molecule has 2 aromatic carbocycles. The minimum Gasteiger partial charge on any atom is -0.505 e. The van der Waals surface area contributed by atoms with Crippen LogP contribution < -0.4 is 4.74 Å². The topological polar surface area (TPSA) is 93.4 Å². The van der Waals surface area contributed by atoms with Crippen LogP contribution in [0.15, 0.2) is 84.6 Å². The van der Waals surface area contributed by atoms with Crippen molar-refractivity contribution in [1.82, 2.24) is 14.3 Å². The number of nitrogens with zero attached hydrogens (tertiary/aromatic N) is 3. The van der Waals surface area contributed by atoms with Crippen molar-refractivity contribution in [2.24, 2.45) is 0 Å². The highest BCUT2D eigenvalue weighted by Gasteiger charge is 2.46. The van der Waals surface area contributed by atoms with Gasteiger partial charge in [0.25, 0.3) is 11.7 Å². The fourth-order valence-corrected chi connectivity index (χ4v) is 4.69. The zero-order chi connectivity index (χ0) is 25.9. The molecule has 0 bridgehead atoms. The van der Waals surface area contributed by atoms with Gasteiger partial charge in [0.2, 0.25) is 0 Å². The second kappa shape index (κ2) is 10.3. The smallest absolute Gasteiger partial charge is 0.295 e. The second-order valence-corrected chi connectivity index (χ2v) is 8.81. The van der Waals surface area contributed by atoms with E-state index in [0.717, 1.165) is 5.56 Å². The highest BCUT2D eigenvalue weighted by Crippen LogP contribution is 2.40. The molecular formula is C29H27N3O5. The van der Waals surface area contributed by atoms with Gasteiger partial charge in [0, 0.05) is 19.9 Å². The molecule has 1 fully saturated rings. The molecule has 1 atom stereocenters. The van der Waals surface area contributed by atoms with Gasteiger partial charge in [-0.2, -0.15) is 0 Å². The van der Waals surface area contributed by atoms with Gasteiger partial charge >= 0.3 is 0 Å². The number of ether oxygens (including phenoxy) is 2. The summed E-state index contributed by atoms with van der Waals surface area (Å²) in [6.45, 7) is 2.55. The second-order valence-electron chi connectivity index (χ2n) is 8.81. The molecule has 1 N–H and O–H groups in total. The molecule has 1 aliphatic heterocycles. The number of imidazole rings is 1. The average Bonchev–Trinajstić information content (AvgIpc) is 3.39. The lowest BCUT2D eigenvalue weighted by Crippen LogP contribution is -2.32. The molecule has 1 aliphatic rings. The van der Waals surface area contributed by atoms with Gasteiger partial charge in [-0.25, -0.2) is 4.98 Å². The molecule has 8 heteroatoms. The van der Waals surface area contributed by atoms with Crippen molar-refractivity contribution in [3.63, 3.8) is 0 Å². The van der Waals surface area contributed by atoms with E-state index < -0.39 is 17.7 Å². The average molecular weight is 498 g/mol. The number of benzene rings is 2. The van der Waals surface area contributed by atoms with E-state index in [2.05, 4.69) is 4.98 Å². The molecule has 1 unspecified atom stereocenters. The lowest BCUT2D eigenvalue weighted by atomic mass is 9.96. The summed E-state index contributed by atoms with van der Waals surface area (Å²) in [5.41, 5.74) is 3.22. The number of aliphatic hydroxyl groups is 1. The Morgan fingerprint density at radius 1 is 1.03 bits per heavy atom. The van der Waals surface area contributed by atoms with E-state index >= 15 is 0 Å². The molecule has 0 saturated carbocycles. The molecule has 2 aromatic heterocycles. The Morgan fingerprint density at radius 2 is 1.81 bits per heavy atom. The molecule has 0 aliphatic carbocycles. The van der Waals surface area contributed by atoms with Crippen LogP contribution in [0.3, 0.4) is 0 Å². The van der Waals surface area contributed by atoms with Crippen LogP contribution in [0.2, 0.25) is 0 Å². The first-order valence-corrected chi connectivity index (χ1v) is 12.0. The van der Waals surface area contributed by atoms with Crippen molar-refractivity contribution in [3.8, 4) is 5.75 Å². The number of fused-ring (bicyclic) bond motifs is 1. The van der Waals surface area contributed by atoms with Gasteiger partial charge in [-0.15, -0.1) is 0 Å². The summed E-state index contributed by atoms with van der Waals surface area (Å²) in [5, 5.41) is 11.5. The largest absolute Gasteiger partial charge is 0.505 e. The number of methoxy groups -OCH3 is 1. The number of aryl methyl sites for hydroxylation is 1. The van der Waals surface area contributed by atoms with E-state index in [4.69, 9.17) is 9.47 Å². The number of rotatable bonds is 8. The van der Waals surface area contributed by atoms with Crippen LogP contribution >= 0.6 is 0 Å². The predicted octanol–water partition coefficient (Wildman–Crippen LogP) is 4.29. The van der Waals surface area contributed by atoms with Crippen molar-refractivity contribution < 1.29 is 24.2 Å². The predicted molar refractivity (Wildman–Crippen MR) is 138 cm³/mol. The number of aromatic nitrogens is 2. The first-order valence-electron chi connectivity index (χ1n) is 12.0. The number of aliphatic hydroxyl groups excluding tert-OH is 1. The number of likely N-dealkylation sites (tertiary alicyclic amines) is 1. The van der Waals surface area contributed by atoms with Crippen LogP contribution in [-0.4, -0.2) is 51.3 Å². The Balaban J connectivity index is 1.59. The Kier molecular flexibility index (Phi) is 6.74. The molecule has 3 heterocycles. The quantitative estimate of drug-likeness (QED) is 0.222. The SMILES string of the molecule is COCCN1C(=O)C(=O)C(=C(O)c2c(C)nc3ccccn23)C1c1cccc(OCc2ccccc2)c1. The molecular weight excluding hydrogens is 470 g/mol. The molecule has 4 aromatic rings. The maximum absolute atomic E-state index is 13.3. The first-order chi connectivity index (χ1) is 18.0. The Bertz CT molecular complexity index is 1490. The maximum Gasteiger partial charge on any atom is 0.295 e. The minimum atomic E-state index is -0.816. The van der Waals surface area contributed by atoms with Gasteiger partial charge in [0.15, 0.2) is 5.76 Å². The van der Waals surface area contributed by atoms with Gasteiger partial charge < -0.3 is 19.5 Å². The zero-order valence-corrected chi connectivity index (χ0v) is 20.6. The highest BCUT2D eigenvalue weighted by atomic mass is 16.5. The third kappa shape index (κ3) is 4.59.